The fraction of sp³-hybridized carbons (Fsp3) is 0.538. The van der Waals surface area contributed by atoms with Crippen LogP contribution in [0, 0.1) is 6.92 Å². The molecule has 0 saturated carbocycles. The Morgan fingerprint density at radius 3 is 2.56 bits per heavy atom. The third-order valence-electron chi connectivity index (χ3n) is 3.73. The van der Waals surface area contributed by atoms with E-state index in [0.717, 1.165) is 43.1 Å². The number of hydrogen-bond acceptors (Lipinski definition) is 2. The first-order valence-corrected chi connectivity index (χ1v) is 6.21. The fourth-order valence-electron chi connectivity index (χ4n) is 2.39. The van der Waals surface area contributed by atoms with E-state index < -0.39 is 0 Å². The molecule has 0 radical (unpaired) electrons. The predicted octanol–water partition coefficient (Wildman–Crippen LogP) is 3.02. The predicted molar refractivity (Wildman–Crippen MR) is 66.3 cm³/mol. The van der Waals surface area contributed by atoms with Crippen LogP contribution >= 0.6 is 11.6 Å². The number of benzene rings is 1. The van der Waals surface area contributed by atoms with Gasteiger partial charge in [-0.25, -0.2) is 0 Å². The summed E-state index contributed by atoms with van der Waals surface area (Å²) in [6.45, 7) is 5.23. The van der Waals surface area contributed by atoms with E-state index in [1.807, 2.05) is 6.07 Å². The maximum atomic E-state index is 6.04. The van der Waals surface area contributed by atoms with E-state index in [4.69, 9.17) is 16.3 Å². The highest BCUT2D eigenvalue weighted by molar-refractivity contribution is 6.31. The van der Waals surface area contributed by atoms with Crippen molar-refractivity contribution in [3.05, 3.63) is 28.8 Å². The van der Waals surface area contributed by atoms with Gasteiger partial charge in [0.25, 0.3) is 0 Å². The van der Waals surface area contributed by atoms with Gasteiger partial charge in [-0.2, -0.15) is 0 Å². The van der Waals surface area contributed by atoms with Crippen molar-refractivity contribution in [2.24, 2.45) is 0 Å². The SMILES string of the molecule is Cc1cc(N2CCC3(CC2)CO3)ccc1Cl. The molecule has 0 unspecified atom stereocenters. The minimum atomic E-state index is 0.262. The summed E-state index contributed by atoms with van der Waals surface area (Å²) < 4.78 is 5.52. The van der Waals surface area contributed by atoms with Gasteiger partial charge in [0.15, 0.2) is 0 Å². The molecule has 1 aromatic carbocycles. The first-order valence-electron chi connectivity index (χ1n) is 5.84. The maximum Gasteiger partial charge on any atom is 0.0950 e. The zero-order chi connectivity index (χ0) is 11.2. The maximum absolute atomic E-state index is 6.04. The lowest BCUT2D eigenvalue weighted by Crippen LogP contribution is -2.37. The molecule has 0 aliphatic carbocycles. The number of halogens is 1. The molecule has 1 spiro atoms. The molecule has 1 aromatic rings. The molecule has 0 bridgehead atoms. The number of nitrogens with zero attached hydrogens (tertiary/aromatic N) is 1. The van der Waals surface area contributed by atoms with Crippen molar-refractivity contribution in [2.45, 2.75) is 25.4 Å². The molecule has 2 heterocycles. The van der Waals surface area contributed by atoms with E-state index in [1.54, 1.807) is 0 Å². The van der Waals surface area contributed by atoms with E-state index in [0.29, 0.717) is 0 Å². The van der Waals surface area contributed by atoms with Crippen LogP contribution < -0.4 is 4.90 Å². The van der Waals surface area contributed by atoms with Crippen molar-refractivity contribution < 1.29 is 4.74 Å². The van der Waals surface area contributed by atoms with Crippen LogP contribution in [0.4, 0.5) is 5.69 Å². The van der Waals surface area contributed by atoms with Crippen molar-refractivity contribution in [2.75, 3.05) is 24.6 Å². The van der Waals surface area contributed by atoms with Gasteiger partial charge in [0.05, 0.1) is 12.2 Å². The topological polar surface area (TPSA) is 15.8 Å². The Labute approximate surface area is 101 Å². The normalized spacial score (nSPS) is 22.5. The molecule has 2 aliphatic rings. The second kappa shape index (κ2) is 3.64. The summed E-state index contributed by atoms with van der Waals surface area (Å²) in [5.41, 5.74) is 2.71. The lowest BCUT2D eigenvalue weighted by atomic mass is 9.97. The van der Waals surface area contributed by atoms with E-state index in [2.05, 4.69) is 24.0 Å². The molecule has 2 saturated heterocycles. The van der Waals surface area contributed by atoms with Gasteiger partial charge in [0.1, 0.15) is 0 Å². The third-order valence-corrected chi connectivity index (χ3v) is 4.16. The van der Waals surface area contributed by atoms with Crippen molar-refractivity contribution in [1.82, 2.24) is 0 Å². The van der Waals surface area contributed by atoms with Gasteiger partial charge in [-0.1, -0.05) is 11.6 Å². The minimum absolute atomic E-state index is 0.262. The zero-order valence-corrected chi connectivity index (χ0v) is 10.3. The third kappa shape index (κ3) is 1.80. The van der Waals surface area contributed by atoms with E-state index in [1.165, 1.54) is 5.69 Å². The Hall–Kier alpha value is -0.730. The standard InChI is InChI=1S/C13H16ClNO/c1-10-8-11(2-3-12(10)14)15-6-4-13(5-7-15)9-16-13/h2-3,8H,4-7,9H2,1H3. The van der Waals surface area contributed by atoms with Crippen LogP contribution in [0.1, 0.15) is 18.4 Å². The average Bonchev–Trinajstić information content (AvgIpc) is 3.04. The van der Waals surface area contributed by atoms with E-state index in [-0.39, 0.29) is 5.60 Å². The molecule has 2 fully saturated rings. The monoisotopic (exact) mass is 237 g/mol. The number of ether oxygens (including phenoxy) is 1. The van der Waals surface area contributed by atoms with Gasteiger partial charge in [-0.3, -0.25) is 0 Å². The highest BCUT2D eigenvalue weighted by Gasteiger charge is 2.46. The molecule has 0 aromatic heterocycles. The molecule has 2 nitrogen and oxygen atoms in total. The molecular formula is C13H16ClNO. The van der Waals surface area contributed by atoms with Gasteiger partial charge < -0.3 is 9.64 Å². The summed E-state index contributed by atoms with van der Waals surface area (Å²) in [6.07, 6.45) is 2.32. The number of anilines is 1. The molecule has 0 amide bonds. The van der Waals surface area contributed by atoms with Crippen LogP contribution in [0.15, 0.2) is 18.2 Å². The quantitative estimate of drug-likeness (QED) is 0.698. The molecule has 0 N–H and O–H groups in total. The molecule has 3 rings (SSSR count). The summed E-state index contributed by atoms with van der Waals surface area (Å²) in [5.74, 6) is 0. The number of epoxide rings is 1. The van der Waals surface area contributed by atoms with Crippen LogP contribution in [-0.2, 0) is 4.74 Å². The fourth-order valence-corrected chi connectivity index (χ4v) is 2.51. The summed E-state index contributed by atoms with van der Waals surface area (Å²) >= 11 is 6.04. The highest BCUT2D eigenvalue weighted by atomic mass is 35.5. The van der Waals surface area contributed by atoms with Crippen LogP contribution in [0.5, 0.6) is 0 Å². The molecule has 16 heavy (non-hydrogen) atoms. The second-order valence-electron chi connectivity index (χ2n) is 4.89. The Morgan fingerprint density at radius 2 is 2.00 bits per heavy atom. The lowest BCUT2D eigenvalue weighted by molar-refractivity contribution is 0.258. The van der Waals surface area contributed by atoms with Crippen LogP contribution in [0.25, 0.3) is 0 Å². The molecule has 2 aliphatic heterocycles. The van der Waals surface area contributed by atoms with Gasteiger partial charge in [0.2, 0.25) is 0 Å². The first-order chi connectivity index (χ1) is 7.69. The number of hydrogen-bond donors (Lipinski definition) is 0. The van der Waals surface area contributed by atoms with Crippen LogP contribution in [0.3, 0.4) is 0 Å². The second-order valence-corrected chi connectivity index (χ2v) is 5.30. The summed E-state index contributed by atoms with van der Waals surface area (Å²) in [5, 5.41) is 0.850. The Balaban J connectivity index is 1.75. The van der Waals surface area contributed by atoms with Gasteiger partial charge in [0, 0.05) is 23.8 Å². The van der Waals surface area contributed by atoms with Gasteiger partial charge in [-0.05, 0) is 43.5 Å². The number of piperidine rings is 1. The minimum Gasteiger partial charge on any atom is -0.371 e. The van der Waals surface area contributed by atoms with Crippen LogP contribution in [-0.4, -0.2) is 25.3 Å². The highest BCUT2D eigenvalue weighted by Crippen LogP contribution is 2.39. The summed E-state index contributed by atoms with van der Waals surface area (Å²) in [4.78, 5) is 2.43. The van der Waals surface area contributed by atoms with Crippen LogP contribution in [0.2, 0.25) is 5.02 Å². The molecule has 86 valence electrons. The van der Waals surface area contributed by atoms with Gasteiger partial charge in [-0.15, -0.1) is 0 Å². The Kier molecular flexibility index (Phi) is 2.37. The molecule has 3 heteroatoms. The van der Waals surface area contributed by atoms with E-state index >= 15 is 0 Å². The van der Waals surface area contributed by atoms with Gasteiger partial charge >= 0.3 is 0 Å². The molecular weight excluding hydrogens is 222 g/mol. The average molecular weight is 238 g/mol. The zero-order valence-electron chi connectivity index (χ0n) is 9.50. The van der Waals surface area contributed by atoms with Crippen molar-refractivity contribution in [1.29, 1.82) is 0 Å². The largest absolute Gasteiger partial charge is 0.371 e. The summed E-state index contributed by atoms with van der Waals surface area (Å²) in [6, 6.07) is 6.28. The summed E-state index contributed by atoms with van der Waals surface area (Å²) in [7, 11) is 0. The van der Waals surface area contributed by atoms with Crippen molar-refractivity contribution >= 4 is 17.3 Å². The lowest BCUT2D eigenvalue weighted by Gasteiger charge is -2.32. The number of rotatable bonds is 1. The van der Waals surface area contributed by atoms with E-state index in [9.17, 15) is 0 Å². The molecule has 0 atom stereocenters. The Morgan fingerprint density at radius 1 is 1.31 bits per heavy atom. The van der Waals surface area contributed by atoms with Crippen molar-refractivity contribution in [3.63, 3.8) is 0 Å². The Bertz CT molecular complexity index is 404. The smallest absolute Gasteiger partial charge is 0.0950 e. The number of aryl methyl sites for hydroxylation is 1. The van der Waals surface area contributed by atoms with Crippen molar-refractivity contribution in [3.8, 4) is 0 Å². The first kappa shape index (κ1) is 10.4.